The number of anilines is 1. The Labute approximate surface area is 175 Å². The van der Waals surface area contributed by atoms with Crippen LogP contribution in [0.15, 0.2) is 30.5 Å². The quantitative estimate of drug-likeness (QED) is 0.664. The van der Waals surface area contributed by atoms with Gasteiger partial charge in [0.25, 0.3) is 5.91 Å². The second-order valence-corrected chi connectivity index (χ2v) is 8.20. The van der Waals surface area contributed by atoms with Gasteiger partial charge >= 0.3 is 6.18 Å². The van der Waals surface area contributed by atoms with Crippen molar-refractivity contribution in [1.29, 1.82) is 0 Å². The lowest BCUT2D eigenvalue weighted by Gasteiger charge is -2.23. The third-order valence-corrected chi connectivity index (χ3v) is 6.04. The van der Waals surface area contributed by atoms with Crippen molar-refractivity contribution in [3.63, 3.8) is 0 Å². The number of likely N-dealkylation sites (N-methyl/N-ethyl adjacent to an activating group) is 1. The van der Waals surface area contributed by atoms with Gasteiger partial charge in [0.2, 0.25) is 0 Å². The van der Waals surface area contributed by atoms with Crippen LogP contribution in [-0.2, 0) is 19.1 Å². The number of hydrogen-bond donors (Lipinski definition) is 1. The first-order valence-corrected chi connectivity index (χ1v) is 10.3. The number of fused-ring (bicyclic) bond motifs is 1. The molecule has 1 aromatic carbocycles. The van der Waals surface area contributed by atoms with Crippen LogP contribution in [0.2, 0.25) is 0 Å². The van der Waals surface area contributed by atoms with Crippen molar-refractivity contribution in [2.45, 2.75) is 33.0 Å². The van der Waals surface area contributed by atoms with Gasteiger partial charge in [-0.25, -0.2) is 9.67 Å². The van der Waals surface area contributed by atoms with Crippen molar-refractivity contribution < 1.29 is 18.0 Å². The summed E-state index contributed by atoms with van der Waals surface area (Å²) in [5.74, 6) is -0.876. The zero-order chi connectivity index (χ0) is 21.5. The molecule has 0 aliphatic carbocycles. The Balaban J connectivity index is 1.63. The zero-order valence-electron chi connectivity index (χ0n) is 16.5. The summed E-state index contributed by atoms with van der Waals surface area (Å²) < 4.78 is 42.2. The van der Waals surface area contributed by atoms with E-state index >= 15 is 0 Å². The highest BCUT2D eigenvalue weighted by atomic mass is 32.1. The van der Waals surface area contributed by atoms with Gasteiger partial charge in [-0.3, -0.25) is 15.0 Å². The molecule has 1 N–H and O–H groups in total. The number of benzene rings is 1. The molecule has 1 aliphatic rings. The summed E-state index contributed by atoms with van der Waals surface area (Å²) in [6, 6.07) is 6.45. The minimum absolute atomic E-state index is 0.233. The van der Waals surface area contributed by atoms with Crippen molar-refractivity contribution in [1.82, 2.24) is 19.7 Å². The monoisotopic (exact) mass is 435 g/mol. The number of aromatic nitrogens is 3. The van der Waals surface area contributed by atoms with Gasteiger partial charge in [0, 0.05) is 24.4 Å². The van der Waals surface area contributed by atoms with E-state index in [1.54, 1.807) is 12.1 Å². The van der Waals surface area contributed by atoms with Gasteiger partial charge in [0.15, 0.2) is 10.8 Å². The van der Waals surface area contributed by atoms with E-state index in [9.17, 15) is 18.0 Å². The molecule has 158 valence electrons. The first-order chi connectivity index (χ1) is 14.3. The average Bonchev–Trinajstić information content (AvgIpc) is 3.31. The third-order valence-electron chi connectivity index (χ3n) is 5.04. The number of carbonyl (C=O) groups excluding carboxylic acids is 1. The Hall–Kier alpha value is -2.72. The maximum atomic E-state index is 13.8. The summed E-state index contributed by atoms with van der Waals surface area (Å²) in [6.07, 6.45) is -3.04. The van der Waals surface area contributed by atoms with E-state index in [2.05, 4.69) is 27.2 Å². The maximum absolute atomic E-state index is 13.8. The molecule has 30 heavy (non-hydrogen) atoms. The largest absolute Gasteiger partial charge is 0.434 e. The number of amides is 1. The molecule has 0 radical (unpaired) electrons. The standard InChI is InChI=1S/C20H20F3N5OS/c1-3-27-9-8-15-16(11-27)30-19(25-15)26-18(29)14-10-24-28(17(14)20(21,22)23)13-6-4-12(2)5-7-13/h4-7,10H,3,8-9,11H2,1-2H3,(H,25,26,29). The highest BCUT2D eigenvalue weighted by Crippen LogP contribution is 2.35. The second kappa shape index (κ2) is 7.84. The van der Waals surface area contributed by atoms with Gasteiger partial charge in [-0.05, 0) is 25.6 Å². The Bertz CT molecular complexity index is 1070. The van der Waals surface area contributed by atoms with Crippen LogP contribution in [0.5, 0.6) is 0 Å². The van der Waals surface area contributed by atoms with Crippen LogP contribution in [0.25, 0.3) is 5.69 Å². The molecule has 0 unspecified atom stereocenters. The number of nitrogens with zero attached hydrogens (tertiary/aromatic N) is 4. The van der Waals surface area contributed by atoms with Crippen LogP contribution in [0, 0.1) is 6.92 Å². The first-order valence-electron chi connectivity index (χ1n) is 9.50. The number of nitrogens with one attached hydrogen (secondary N) is 1. The van der Waals surface area contributed by atoms with E-state index in [0.29, 0.717) is 5.13 Å². The lowest BCUT2D eigenvalue weighted by Crippen LogP contribution is -2.29. The fourth-order valence-electron chi connectivity index (χ4n) is 3.41. The van der Waals surface area contributed by atoms with Crippen molar-refractivity contribution >= 4 is 22.4 Å². The van der Waals surface area contributed by atoms with Gasteiger partial charge in [-0.15, -0.1) is 11.3 Å². The lowest BCUT2D eigenvalue weighted by atomic mass is 10.2. The Morgan fingerprint density at radius 3 is 2.67 bits per heavy atom. The summed E-state index contributed by atoms with van der Waals surface area (Å²) >= 11 is 1.30. The van der Waals surface area contributed by atoms with Crippen LogP contribution in [0.3, 0.4) is 0 Å². The topological polar surface area (TPSA) is 63.1 Å². The number of carbonyl (C=O) groups is 1. The summed E-state index contributed by atoms with van der Waals surface area (Å²) in [4.78, 5) is 20.4. The van der Waals surface area contributed by atoms with E-state index in [1.807, 2.05) is 6.92 Å². The molecule has 6 nitrogen and oxygen atoms in total. The van der Waals surface area contributed by atoms with Gasteiger partial charge in [-0.1, -0.05) is 24.6 Å². The predicted octanol–water partition coefficient (Wildman–Crippen LogP) is 4.29. The molecule has 4 rings (SSSR count). The van der Waals surface area contributed by atoms with E-state index in [4.69, 9.17) is 0 Å². The number of alkyl halides is 3. The first kappa shape index (κ1) is 20.5. The van der Waals surface area contributed by atoms with Crippen LogP contribution < -0.4 is 5.32 Å². The molecular weight excluding hydrogens is 415 g/mol. The SMILES string of the molecule is CCN1CCc2nc(NC(=O)c3cnn(-c4ccc(C)cc4)c3C(F)(F)F)sc2C1. The maximum Gasteiger partial charge on any atom is 0.434 e. The van der Waals surface area contributed by atoms with E-state index in [-0.39, 0.29) is 5.69 Å². The molecule has 0 bridgehead atoms. The number of hydrogen-bond acceptors (Lipinski definition) is 5. The van der Waals surface area contributed by atoms with E-state index in [1.165, 1.54) is 23.5 Å². The Kier molecular flexibility index (Phi) is 5.37. The second-order valence-electron chi connectivity index (χ2n) is 7.11. The molecule has 0 saturated carbocycles. The molecule has 1 amide bonds. The summed E-state index contributed by atoms with van der Waals surface area (Å²) in [5.41, 5.74) is 0.392. The third kappa shape index (κ3) is 3.97. The van der Waals surface area contributed by atoms with Crippen LogP contribution in [0.4, 0.5) is 18.3 Å². The van der Waals surface area contributed by atoms with E-state index in [0.717, 1.165) is 53.1 Å². The van der Waals surface area contributed by atoms with Gasteiger partial charge in [-0.2, -0.15) is 18.3 Å². The molecule has 0 atom stereocenters. The molecule has 10 heteroatoms. The highest BCUT2D eigenvalue weighted by Gasteiger charge is 2.40. The molecule has 0 fully saturated rings. The smallest absolute Gasteiger partial charge is 0.298 e. The lowest BCUT2D eigenvalue weighted by molar-refractivity contribution is -0.143. The molecular formula is C20H20F3N5OS. The average molecular weight is 435 g/mol. The molecule has 0 saturated heterocycles. The van der Waals surface area contributed by atoms with Crippen molar-refractivity contribution in [2.24, 2.45) is 0 Å². The highest BCUT2D eigenvalue weighted by molar-refractivity contribution is 7.15. The summed E-state index contributed by atoms with van der Waals surface area (Å²) in [5, 5.41) is 6.68. The Morgan fingerprint density at radius 2 is 2.00 bits per heavy atom. The number of thiazole rings is 1. The molecule has 3 heterocycles. The predicted molar refractivity (Wildman–Crippen MR) is 108 cm³/mol. The number of aryl methyl sites for hydroxylation is 1. The fraction of sp³-hybridized carbons (Fsp3) is 0.350. The number of halogens is 3. The normalized spacial score (nSPS) is 14.6. The minimum Gasteiger partial charge on any atom is -0.298 e. The van der Waals surface area contributed by atoms with Gasteiger partial charge in [0.05, 0.1) is 23.1 Å². The van der Waals surface area contributed by atoms with Gasteiger partial charge in [0.1, 0.15) is 0 Å². The molecule has 3 aromatic rings. The van der Waals surface area contributed by atoms with E-state index < -0.39 is 23.3 Å². The number of rotatable bonds is 4. The van der Waals surface area contributed by atoms with Crippen molar-refractivity contribution in [3.8, 4) is 5.69 Å². The zero-order valence-corrected chi connectivity index (χ0v) is 17.3. The summed E-state index contributed by atoms with van der Waals surface area (Å²) in [7, 11) is 0. The minimum atomic E-state index is -4.75. The Morgan fingerprint density at radius 1 is 1.27 bits per heavy atom. The van der Waals surface area contributed by atoms with Crippen LogP contribution in [0.1, 0.15) is 39.1 Å². The van der Waals surface area contributed by atoms with Crippen LogP contribution in [-0.4, -0.2) is 38.7 Å². The van der Waals surface area contributed by atoms with Crippen molar-refractivity contribution in [3.05, 3.63) is 57.9 Å². The van der Waals surface area contributed by atoms with Crippen molar-refractivity contribution in [2.75, 3.05) is 18.4 Å². The summed E-state index contributed by atoms with van der Waals surface area (Å²) in [6.45, 7) is 6.43. The molecule has 0 spiro atoms. The molecule has 1 aliphatic heterocycles. The van der Waals surface area contributed by atoms with Gasteiger partial charge < -0.3 is 0 Å². The fourth-order valence-corrected chi connectivity index (χ4v) is 4.45. The van der Waals surface area contributed by atoms with Crippen LogP contribution >= 0.6 is 11.3 Å². The molecule has 2 aromatic heterocycles.